The monoisotopic (exact) mass is 356 g/mol. The molecule has 6 heteroatoms. The Kier molecular flexibility index (Phi) is 4.93. The third kappa shape index (κ3) is 3.03. The highest BCUT2D eigenvalue weighted by Crippen LogP contribution is 2.50. The van der Waals surface area contributed by atoms with Gasteiger partial charge in [-0.15, -0.1) is 0 Å². The second-order valence-corrected chi connectivity index (χ2v) is 6.32. The van der Waals surface area contributed by atoms with Crippen molar-refractivity contribution in [1.29, 1.82) is 0 Å². The minimum atomic E-state index is -0.125. The summed E-state index contributed by atoms with van der Waals surface area (Å²) in [6, 6.07) is 7.60. The molecule has 3 N–H and O–H groups in total. The van der Waals surface area contributed by atoms with Crippen LogP contribution in [-0.4, -0.2) is 27.2 Å². The Balaban J connectivity index is 2.31. The van der Waals surface area contributed by atoms with Gasteiger partial charge < -0.3 is 25.3 Å². The number of ether oxygens (including phenoxy) is 3. The Labute approximate surface area is 153 Å². The Morgan fingerprint density at radius 1 is 1.12 bits per heavy atom. The predicted octanol–water partition coefficient (Wildman–Crippen LogP) is 3.09. The normalized spacial score (nSPS) is 15.3. The highest BCUT2D eigenvalue weighted by atomic mass is 16.5. The number of fused-ring (bicyclic) bond motifs is 3. The number of nitrogen functional groups attached to an aromatic ring is 1. The fourth-order valence-corrected chi connectivity index (χ4v) is 3.65. The molecule has 6 nitrogen and oxygen atoms in total. The number of anilines is 1. The van der Waals surface area contributed by atoms with Gasteiger partial charge in [0.1, 0.15) is 0 Å². The van der Waals surface area contributed by atoms with Gasteiger partial charge in [-0.05, 0) is 47.7 Å². The van der Waals surface area contributed by atoms with Crippen LogP contribution in [0.5, 0.6) is 17.2 Å². The number of amides is 1. The molecule has 0 aromatic heterocycles. The van der Waals surface area contributed by atoms with Gasteiger partial charge in [0.05, 0.1) is 27.4 Å². The molecule has 0 aliphatic heterocycles. The molecule has 1 amide bonds. The van der Waals surface area contributed by atoms with Crippen molar-refractivity contribution in [2.24, 2.45) is 0 Å². The molecule has 3 rings (SSSR count). The Hall–Kier alpha value is -2.89. The average Bonchev–Trinajstić information content (AvgIpc) is 2.76. The molecule has 0 heterocycles. The SMILES string of the molecule is COc1cc2c(c(OC)c1OC)-c1ccc(N)cc1C(NC(C)=O)CC2. The molecule has 0 spiro atoms. The Morgan fingerprint density at radius 3 is 2.46 bits per heavy atom. The number of benzene rings is 2. The van der Waals surface area contributed by atoms with E-state index in [1.807, 2.05) is 24.3 Å². The number of nitrogens with two attached hydrogens (primary N) is 1. The summed E-state index contributed by atoms with van der Waals surface area (Å²) in [5.74, 6) is 1.72. The number of aryl methyl sites for hydroxylation is 1. The average molecular weight is 356 g/mol. The zero-order valence-electron chi connectivity index (χ0n) is 15.5. The zero-order valence-corrected chi connectivity index (χ0v) is 15.5. The zero-order chi connectivity index (χ0) is 18.8. The second kappa shape index (κ2) is 7.15. The van der Waals surface area contributed by atoms with E-state index in [0.717, 1.165) is 35.1 Å². The van der Waals surface area contributed by atoms with E-state index in [2.05, 4.69) is 5.32 Å². The van der Waals surface area contributed by atoms with Gasteiger partial charge in [0.2, 0.25) is 11.7 Å². The van der Waals surface area contributed by atoms with Crippen LogP contribution >= 0.6 is 0 Å². The van der Waals surface area contributed by atoms with Crippen molar-refractivity contribution in [3.05, 3.63) is 35.4 Å². The van der Waals surface area contributed by atoms with Gasteiger partial charge in [-0.1, -0.05) is 6.07 Å². The van der Waals surface area contributed by atoms with Crippen molar-refractivity contribution in [3.8, 4) is 28.4 Å². The lowest BCUT2D eigenvalue weighted by molar-refractivity contribution is -0.119. The van der Waals surface area contributed by atoms with Crippen LogP contribution in [0.4, 0.5) is 5.69 Å². The highest BCUT2D eigenvalue weighted by Gasteiger charge is 2.29. The molecule has 1 unspecified atom stereocenters. The summed E-state index contributed by atoms with van der Waals surface area (Å²) >= 11 is 0. The lowest BCUT2D eigenvalue weighted by Crippen LogP contribution is -2.26. The molecule has 26 heavy (non-hydrogen) atoms. The minimum Gasteiger partial charge on any atom is -0.493 e. The van der Waals surface area contributed by atoms with Crippen LogP contribution in [0.1, 0.15) is 30.5 Å². The smallest absolute Gasteiger partial charge is 0.217 e. The molecular formula is C20H24N2O4. The molecule has 1 aliphatic rings. The number of methoxy groups -OCH3 is 3. The summed E-state index contributed by atoms with van der Waals surface area (Å²) in [6.45, 7) is 1.52. The van der Waals surface area contributed by atoms with E-state index in [1.165, 1.54) is 6.92 Å². The molecule has 0 saturated carbocycles. The number of carbonyl (C=O) groups excluding carboxylic acids is 1. The first-order chi connectivity index (χ1) is 12.5. The summed E-state index contributed by atoms with van der Waals surface area (Å²) in [6.07, 6.45) is 1.51. The standard InChI is InChI=1S/C20H24N2O4/c1-11(23)22-16-8-5-12-9-17(24-2)19(25-3)20(26-4)18(12)14-7-6-13(21)10-15(14)16/h6-7,9-10,16H,5,8,21H2,1-4H3,(H,22,23). The van der Waals surface area contributed by atoms with Gasteiger partial charge in [-0.25, -0.2) is 0 Å². The third-order valence-corrected chi connectivity index (χ3v) is 4.71. The number of rotatable bonds is 4. The van der Waals surface area contributed by atoms with E-state index < -0.39 is 0 Å². The molecule has 0 saturated heterocycles. The van der Waals surface area contributed by atoms with E-state index in [9.17, 15) is 4.79 Å². The molecule has 0 bridgehead atoms. The van der Waals surface area contributed by atoms with Crippen molar-refractivity contribution in [3.63, 3.8) is 0 Å². The topological polar surface area (TPSA) is 82.8 Å². The quantitative estimate of drug-likeness (QED) is 0.823. The Morgan fingerprint density at radius 2 is 1.85 bits per heavy atom. The van der Waals surface area contributed by atoms with E-state index in [-0.39, 0.29) is 11.9 Å². The van der Waals surface area contributed by atoms with Crippen LogP contribution < -0.4 is 25.3 Å². The van der Waals surface area contributed by atoms with Gasteiger partial charge in [0.15, 0.2) is 11.5 Å². The number of hydrogen-bond acceptors (Lipinski definition) is 5. The van der Waals surface area contributed by atoms with Crippen molar-refractivity contribution in [2.45, 2.75) is 25.8 Å². The number of hydrogen-bond donors (Lipinski definition) is 2. The van der Waals surface area contributed by atoms with Gasteiger partial charge >= 0.3 is 0 Å². The summed E-state index contributed by atoms with van der Waals surface area (Å²) in [7, 11) is 4.81. The number of carbonyl (C=O) groups is 1. The Bertz CT molecular complexity index is 848. The minimum absolute atomic E-state index is 0.0727. The molecule has 2 aromatic rings. The summed E-state index contributed by atoms with van der Waals surface area (Å²) in [5.41, 5.74) is 10.7. The van der Waals surface area contributed by atoms with Crippen molar-refractivity contribution in [1.82, 2.24) is 5.32 Å². The van der Waals surface area contributed by atoms with Gasteiger partial charge in [-0.2, -0.15) is 0 Å². The molecular weight excluding hydrogens is 332 g/mol. The molecule has 138 valence electrons. The van der Waals surface area contributed by atoms with Crippen LogP contribution in [0.15, 0.2) is 24.3 Å². The van der Waals surface area contributed by atoms with Crippen molar-refractivity contribution in [2.75, 3.05) is 27.1 Å². The van der Waals surface area contributed by atoms with Gasteiger partial charge in [0.25, 0.3) is 0 Å². The first-order valence-electron chi connectivity index (χ1n) is 8.48. The van der Waals surface area contributed by atoms with Crippen LogP contribution in [0.25, 0.3) is 11.1 Å². The highest BCUT2D eigenvalue weighted by molar-refractivity contribution is 5.84. The summed E-state index contributed by atoms with van der Waals surface area (Å²) < 4.78 is 16.8. The molecule has 0 radical (unpaired) electrons. The van der Waals surface area contributed by atoms with Gasteiger partial charge in [0, 0.05) is 18.2 Å². The number of nitrogens with one attached hydrogen (secondary N) is 1. The fraction of sp³-hybridized carbons (Fsp3) is 0.350. The molecule has 2 aromatic carbocycles. The summed E-state index contributed by atoms with van der Waals surface area (Å²) in [4.78, 5) is 11.7. The first kappa shape index (κ1) is 17.9. The van der Waals surface area contributed by atoms with Gasteiger partial charge in [-0.3, -0.25) is 4.79 Å². The lowest BCUT2D eigenvalue weighted by Gasteiger charge is -2.21. The van der Waals surface area contributed by atoms with E-state index >= 15 is 0 Å². The van der Waals surface area contributed by atoms with Crippen LogP contribution in [-0.2, 0) is 11.2 Å². The fourth-order valence-electron chi connectivity index (χ4n) is 3.65. The largest absolute Gasteiger partial charge is 0.493 e. The lowest BCUT2D eigenvalue weighted by atomic mass is 9.93. The maximum absolute atomic E-state index is 11.7. The van der Waals surface area contributed by atoms with Crippen LogP contribution in [0, 0.1) is 0 Å². The second-order valence-electron chi connectivity index (χ2n) is 6.32. The van der Waals surface area contributed by atoms with E-state index in [0.29, 0.717) is 22.9 Å². The first-order valence-corrected chi connectivity index (χ1v) is 8.48. The predicted molar refractivity (Wildman–Crippen MR) is 101 cm³/mol. The van der Waals surface area contributed by atoms with Crippen LogP contribution in [0.3, 0.4) is 0 Å². The maximum Gasteiger partial charge on any atom is 0.217 e. The summed E-state index contributed by atoms with van der Waals surface area (Å²) in [5, 5.41) is 3.04. The molecule has 1 atom stereocenters. The third-order valence-electron chi connectivity index (χ3n) is 4.71. The van der Waals surface area contributed by atoms with Crippen molar-refractivity contribution < 1.29 is 19.0 Å². The van der Waals surface area contributed by atoms with Crippen molar-refractivity contribution >= 4 is 11.6 Å². The molecule has 0 fully saturated rings. The van der Waals surface area contributed by atoms with E-state index in [1.54, 1.807) is 21.3 Å². The van der Waals surface area contributed by atoms with E-state index in [4.69, 9.17) is 19.9 Å². The molecule has 1 aliphatic carbocycles. The maximum atomic E-state index is 11.7. The van der Waals surface area contributed by atoms with Crippen LogP contribution in [0.2, 0.25) is 0 Å².